The molecule has 4 heteroatoms. The van der Waals surface area contributed by atoms with Crippen LogP contribution in [0.5, 0.6) is 0 Å². The Hall–Kier alpha value is -1.87. The summed E-state index contributed by atoms with van der Waals surface area (Å²) in [6.07, 6.45) is 0.0564. The lowest BCUT2D eigenvalue weighted by atomic mass is 9.98. The second-order valence-electron chi connectivity index (χ2n) is 4.36. The van der Waals surface area contributed by atoms with Gasteiger partial charge in [0.2, 0.25) is 0 Å². The van der Waals surface area contributed by atoms with Crippen LogP contribution in [0.2, 0.25) is 5.02 Å². The molecule has 2 nitrogen and oxygen atoms in total. The Bertz CT molecular complexity index is 640. The highest BCUT2D eigenvalue weighted by molar-refractivity contribution is 6.31. The van der Waals surface area contributed by atoms with Crippen molar-refractivity contribution in [3.05, 3.63) is 63.9 Å². The summed E-state index contributed by atoms with van der Waals surface area (Å²) in [5.41, 5.74) is 8.09. The van der Waals surface area contributed by atoms with E-state index in [4.69, 9.17) is 17.3 Å². The molecule has 0 spiro atoms. The van der Waals surface area contributed by atoms with Crippen LogP contribution in [0.3, 0.4) is 0 Å². The van der Waals surface area contributed by atoms with Gasteiger partial charge in [-0.25, -0.2) is 4.39 Å². The van der Waals surface area contributed by atoms with E-state index in [1.165, 1.54) is 18.2 Å². The van der Waals surface area contributed by atoms with Crippen LogP contribution in [0, 0.1) is 12.7 Å². The Morgan fingerprint density at radius 3 is 2.79 bits per heavy atom. The third-order valence-electron chi connectivity index (χ3n) is 3.03. The summed E-state index contributed by atoms with van der Waals surface area (Å²) in [5.74, 6) is -0.534. The van der Waals surface area contributed by atoms with Gasteiger partial charge in [0.05, 0.1) is 0 Å². The maximum absolute atomic E-state index is 13.2. The lowest BCUT2D eigenvalue weighted by Gasteiger charge is -2.08. The van der Waals surface area contributed by atoms with Crippen LogP contribution in [0.4, 0.5) is 10.1 Å². The molecule has 98 valence electrons. The molecule has 0 aromatic heterocycles. The average Bonchev–Trinajstić information content (AvgIpc) is 2.37. The van der Waals surface area contributed by atoms with Crippen molar-refractivity contribution in [2.24, 2.45) is 0 Å². The number of carbonyl (C=O) groups is 1. The highest BCUT2D eigenvalue weighted by Crippen LogP contribution is 2.22. The van der Waals surface area contributed by atoms with Crippen molar-refractivity contribution in [2.75, 3.05) is 5.73 Å². The van der Waals surface area contributed by atoms with Crippen molar-refractivity contribution in [1.82, 2.24) is 0 Å². The van der Waals surface area contributed by atoms with Crippen LogP contribution in [0.1, 0.15) is 21.5 Å². The minimum Gasteiger partial charge on any atom is -0.398 e. The molecule has 2 aromatic rings. The predicted molar refractivity (Wildman–Crippen MR) is 75.0 cm³/mol. The maximum atomic E-state index is 13.2. The Kier molecular flexibility index (Phi) is 3.86. The van der Waals surface area contributed by atoms with E-state index in [2.05, 4.69) is 0 Å². The first-order valence-corrected chi connectivity index (χ1v) is 6.19. The largest absolute Gasteiger partial charge is 0.398 e. The third-order valence-corrected chi connectivity index (χ3v) is 3.40. The minimum absolute atomic E-state index is 0.0564. The van der Waals surface area contributed by atoms with Crippen LogP contribution >= 0.6 is 11.6 Å². The second kappa shape index (κ2) is 5.41. The summed E-state index contributed by atoms with van der Waals surface area (Å²) in [7, 11) is 0. The summed E-state index contributed by atoms with van der Waals surface area (Å²) in [4.78, 5) is 12.2. The Balaban J connectivity index is 2.31. The van der Waals surface area contributed by atoms with Crippen molar-refractivity contribution < 1.29 is 9.18 Å². The van der Waals surface area contributed by atoms with Gasteiger partial charge in [0.1, 0.15) is 5.82 Å². The smallest absolute Gasteiger partial charge is 0.167 e. The number of nitrogens with two attached hydrogens (primary N) is 1. The fourth-order valence-corrected chi connectivity index (χ4v) is 2.09. The number of hydrogen-bond donors (Lipinski definition) is 1. The molecule has 0 saturated heterocycles. The third kappa shape index (κ3) is 2.93. The number of hydrogen-bond acceptors (Lipinski definition) is 2. The molecule has 0 saturated carbocycles. The molecule has 0 radical (unpaired) electrons. The number of anilines is 1. The van der Waals surface area contributed by atoms with Gasteiger partial charge in [-0.2, -0.15) is 0 Å². The lowest BCUT2D eigenvalue weighted by molar-refractivity contribution is 0.0992. The lowest BCUT2D eigenvalue weighted by Crippen LogP contribution is -2.07. The van der Waals surface area contributed by atoms with Gasteiger partial charge < -0.3 is 5.73 Å². The molecule has 0 aliphatic heterocycles. The fraction of sp³-hybridized carbons (Fsp3) is 0.133. The van der Waals surface area contributed by atoms with Gasteiger partial charge in [-0.1, -0.05) is 23.7 Å². The van der Waals surface area contributed by atoms with Crippen LogP contribution in [0.15, 0.2) is 36.4 Å². The van der Waals surface area contributed by atoms with Gasteiger partial charge in [-0.3, -0.25) is 4.79 Å². The number of Topliss-reactive ketones (excluding diaryl/α,β-unsaturated/α-hetero) is 1. The van der Waals surface area contributed by atoms with Gasteiger partial charge in [0, 0.05) is 22.7 Å². The van der Waals surface area contributed by atoms with Gasteiger partial charge in [-0.05, 0) is 42.3 Å². The van der Waals surface area contributed by atoms with E-state index in [0.29, 0.717) is 21.8 Å². The quantitative estimate of drug-likeness (QED) is 0.685. The molecular weight excluding hydrogens is 265 g/mol. The molecule has 0 aliphatic rings. The normalized spacial score (nSPS) is 10.5. The molecular formula is C15H13ClFNO. The average molecular weight is 278 g/mol. The van der Waals surface area contributed by atoms with Crippen LogP contribution < -0.4 is 5.73 Å². The molecule has 0 amide bonds. The first-order chi connectivity index (χ1) is 8.99. The maximum Gasteiger partial charge on any atom is 0.167 e. The van der Waals surface area contributed by atoms with Crippen molar-refractivity contribution in [3.8, 4) is 0 Å². The second-order valence-corrected chi connectivity index (χ2v) is 4.76. The number of benzene rings is 2. The summed E-state index contributed by atoms with van der Waals surface area (Å²) < 4.78 is 13.2. The highest BCUT2D eigenvalue weighted by Gasteiger charge is 2.13. The van der Waals surface area contributed by atoms with E-state index in [1.807, 2.05) is 0 Å². The van der Waals surface area contributed by atoms with E-state index < -0.39 is 5.82 Å². The number of ketones is 1. The summed E-state index contributed by atoms with van der Waals surface area (Å²) >= 11 is 5.96. The Morgan fingerprint density at radius 2 is 2.05 bits per heavy atom. The molecule has 0 aliphatic carbocycles. The van der Waals surface area contributed by atoms with Crippen LogP contribution in [0.25, 0.3) is 0 Å². The zero-order valence-electron chi connectivity index (χ0n) is 10.4. The first-order valence-electron chi connectivity index (χ1n) is 5.81. The van der Waals surface area contributed by atoms with Crippen molar-refractivity contribution in [3.63, 3.8) is 0 Å². The fourth-order valence-electron chi connectivity index (χ4n) is 1.90. The molecule has 2 rings (SSSR count). The first kappa shape index (κ1) is 13.6. The van der Waals surface area contributed by atoms with E-state index in [-0.39, 0.29) is 12.2 Å². The van der Waals surface area contributed by atoms with Crippen molar-refractivity contribution in [2.45, 2.75) is 13.3 Å². The zero-order valence-corrected chi connectivity index (χ0v) is 11.2. The Morgan fingerprint density at radius 1 is 1.32 bits per heavy atom. The summed E-state index contributed by atoms with van der Waals surface area (Å²) in [6, 6.07) is 9.17. The van der Waals surface area contributed by atoms with Crippen molar-refractivity contribution >= 4 is 23.1 Å². The van der Waals surface area contributed by atoms with Gasteiger partial charge >= 0.3 is 0 Å². The molecule has 2 N–H and O–H groups in total. The molecule has 2 aromatic carbocycles. The highest BCUT2D eigenvalue weighted by atomic mass is 35.5. The Labute approximate surface area is 116 Å². The number of rotatable bonds is 3. The zero-order chi connectivity index (χ0) is 14.0. The van der Waals surface area contributed by atoms with E-state index in [0.717, 1.165) is 5.56 Å². The van der Waals surface area contributed by atoms with E-state index in [1.54, 1.807) is 25.1 Å². The minimum atomic E-state index is -0.406. The van der Waals surface area contributed by atoms with Crippen molar-refractivity contribution in [1.29, 1.82) is 0 Å². The van der Waals surface area contributed by atoms with Crippen LogP contribution in [-0.2, 0) is 6.42 Å². The molecule has 19 heavy (non-hydrogen) atoms. The predicted octanol–water partition coefficient (Wildman–Crippen LogP) is 3.80. The number of nitrogen functional groups attached to an aromatic ring is 1. The molecule has 0 fully saturated rings. The SMILES string of the molecule is Cc1c(N)cccc1C(=O)Cc1cc(F)ccc1Cl. The van der Waals surface area contributed by atoms with Gasteiger partial charge in [0.15, 0.2) is 5.78 Å². The van der Waals surface area contributed by atoms with Crippen LogP contribution in [-0.4, -0.2) is 5.78 Å². The summed E-state index contributed by atoms with van der Waals surface area (Å²) in [6.45, 7) is 1.79. The summed E-state index contributed by atoms with van der Waals surface area (Å²) in [5, 5.41) is 0.385. The monoisotopic (exact) mass is 277 g/mol. The molecule has 0 atom stereocenters. The molecule has 0 heterocycles. The standard InChI is InChI=1S/C15H13ClFNO/c1-9-12(3-2-4-14(9)18)15(19)8-10-7-11(17)5-6-13(10)16/h2-7H,8,18H2,1H3. The van der Waals surface area contributed by atoms with E-state index in [9.17, 15) is 9.18 Å². The van der Waals surface area contributed by atoms with E-state index >= 15 is 0 Å². The topological polar surface area (TPSA) is 43.1 Å². The number of carbonyl (C=O) groups excluding carboxylic acids is 1. The van der Waals surface area contributed by atoms with Gasteiger partial charge in [0.25, 0.3) is 0 Å². The molecule has 0 unspecified atom stereocenters. The number of halogens is 2. The molecule has 0 bridgehead atoms. The van der Waals surface area contributed by atoms with Gasteiger partial charge in [-0.15, -0.1) is 0 Å².